The Kier molecular flexibility index (Phi) is 3.37. The predicted molar refractivity (Wildman–Crippen MR) is 44.9 cm³/mol. The molecule has 0 aromatic rings. The van der Waals surface area contributed by atoms with E-state index in [1.165, 1.54) is 0 Å². The summed E-state index contributed by atoms with van der Waals surface area (Å²) in [6.45, 7) is 10.5. The molecule has 0 saturated carbocycles. The fourth-order valence-corrected chi connectivity index (χ4v) is 1.22. The molecule has 1 nitrogen and oxygen atoms in total. The Morgan fingerprint density at radius 1 is 1.20 bits per heavy atom. The maximum absolute atomic E-state index is 9.33. The molecule has 1 atom stereocenters. The van der Waals surface area contributed by atoms with E-state index in [4.69, 9.17) is 0 Å². The SMILES string of the molecule is CC(C)CC(C)(C)[C@H](C)O. The van der Waals surface area contributed by atoms with Gasteiger partial charge in [-0.3, -0.25) is 0 Å². The van der Waals surface area contributed by atoms with Gasteiger partial charge in [-0.2, -0.15) is 0 Å². The van der Waals surface area contributed by atoms with E-state index < -0.39 is 0 Å². The van der Waals surface area contributed by atoms with Crippen molar-refractivity contribution in [2.45, 2.75) is 47.1 Å². The molecule has 0 aliphatic rings. The first-order valence-corrected chi connectivity index (χ1v) is 4.04. The van der Waals surface area contributed by atoms with Crippen LogP contribution >= 0.6 is 0 Å². The maximum atomic E-state index is 9.33. The zero-order valence-corrected chi connectivity index (χ0v) is 7.81. The highest BCUT2D eigenvalue weighted by molar-refractivity contribution is 4.75. The topological polar surface area (TPSA) is 20.2 Å². The molecule has 0 fully saturated rings. The van der Waals surface area contributed by atoms with Crippen LogP contribution in [0.15, 0.2) is 0 Å². The van der Waals surface area contributed by atoms with Gasteiger partial charge in [-0.1, -0.05) is 27.7 Å². The van der Waals surface area contributed by atoms with Gasteiger partial charge in [0.2, 0.25) is 0 Å². The largest absolute Gasteiger partial charge is 0.393 e. The van der Waals surface area contributed by atoms with Crippen LogP contribution in [-0.4, -0.2) is 11.2 Å². The van der Waals surface area contributed by atoms with Crippen molar-refractivity contribution in [3.63, 3.8) is 0 Å². The monoisotopic (exact) mass is 144 g/mol. The summed E-state index contributed by atoms with van der Waals surface area (Å²) < 4.78 is 0. The lowest BCUT2D eigenvalue weighted by molar-refractivity contribution is 0.0504. The van der Waals surface area contributed by atoms with Gasteiger partial charge in [0.25, 0.3) is 0 Å². The highest BCUT2D eigenvalue weighted by Gasteiger charge is 2.24. The minimum absolute atomic E-state index is 0.0775. The normalized spacial score (nSPS) is 15.9. The Bertz CT molecular complexity index is 92.9. The van der Waals surface area contributed by atoms with E-state index in [1.54, 1.807) is 0 Å². The van der Waals surface area contributed by atoms with Crippen LogP contribution in [-0.2, 0) is 0 Å². The summed E-state index contributed by atoms with van der Waals surface area (Å²) in [4.78, 5) is 0. The van der Waals surface area contributed by atoms with Crippen molar-refractivity contribution < 1.29 is 5.11 Å². The van der Waals surface area contributed by atoms with Crippen LogP contribution in [0.1, 0.15) is 41.0 Å². The van der Waals surface area contributed by atoms with E-state index in [-0.39, 0.29) is 11.5 Å². The number of rotatable bonds is 3. The summed E-state index contributed by atoms with van der Waals surface area (Å²) in [7, 11) is 0. The fourth-order valence-electron chi connectivity index (χ4n) is 1.22. The summed E-state index contributed by atoms with van der Waals surface area (Å²) in [6, 6.07) is 0. The first kappa shape index (κ1) is 9.96. The lowest BCUT2D eigenvalue weighted by Crippen LogP contribution is -2.27. The maximum Gasteiger partial charge on any atom is 0.0563 e. The fraction of sp³-hybridized carbons (Fsp3) is 1.00. The second kappa shape index (κ2) is 3.38. The minimum atomic E-state index is -0.199. The van der Waals surface area contributed by atoms with Gasteiger partial charge in [-0.15, -0.1) is 0 Å². The highest BCUT2D eigenvalue weighted by Crippen LogP contribution is 2.28. The molecule has 0 rings (SSSR count). The Labute approximate surface area is 64.5 Å². The van der Waals surface area contributed by atoms with Crippen molar-refractivity contribution in [1.29, 1.82) is 0 Å². The highest BCUT2D eigenvalue weighted by atomic mass is 16.3. The van der Waals surface area contributed by atoms with E-state index >= 15 is 0 Å². The molecule has 62 valence electrons. The average Bonchev–Trinajstić information content (AvgIpc) is 1.60. The van der Waals surface area contributed by atoms with Gasteiger partial charge in [0.1, 0.15) is 0 Å². The Morgan fingerprint density at radius 2 is 1.60 bits per heavy atom. The molecule has 0 radical (unpaired) electrons. The van der Waals surface area contributed by atoms with E-state index in [9.17, 15) is 5.11 Å². The van der Waals surface area contributed by atoms with Crippen LogP contribution in [0.4, 0.5) is 0 Å². The van der Waals surface area contributed by atoms with Crippen LogP contribution in [0.2, 0.25) is 0 Å². The first-order chi connectivity index (χ1) is 4.36. The summed E-state index contributed by atoms with van der Waals surface area (Å²) in [5.41, 5.74) is 0.0775. The van der Waals surface area contributed by atoms with Gasteiger partial charge in [0.05, 0.1) is 6.10 Å². The van der Waals surface area contributed by atoms with E-state index in [2.05, 4.69) is 27.7 Å². The zero-order valence-electron chi connectivity index (χ0n) is 7.81. The summed E-state index contributed by atoms with van der Waals surface area (Å²) >= 11 is 0. The quantitative estimate of drug-likeness (QED) is 0.645. The van der Waals surface area contributed by atoms with Crippen LogP contribution in [0.5, 0.6) is 0 Å². The molecule has 0 heterocycles. The molecule has 0 aliphatic carbocycles. The molecule has 0 amide bonds. The molecule has 1 heteroatoms. The molecule has 0 saturated heterocycles. The smallest absolute Gasteiger partial charge is 0.0563 e. The lowest BCUT2D eigenvalue weighted by Gasteiger charge is -2.29. The molecule has 0 aliphatic heterocycles. The van der Waals surface area contributed by atoms with Crippen LogP contribution in [0.3, 0.4) is 0 Å². The second-order valence-corrected chi connectivity index (χ2v) is 4.26. The molecule has 0 unspecified atom stereocenters. The Hall–Kier alpha value is -0.0400. The van der Waals surface area contributed by atoms with Gasteiger partial charge >= 0.3 is 0 Å². The Morgan fingerprint density at radius 3 is 1.70 bits per heavy atom. The van der Waals surface area contributed by atoms with Crippen molar-refractivity contribution in [2.75, 3.05) is 0 Å². The molecule has 0 bridgehead atoms. The van der Waals surface area contributed by atoms with Gasteiger partial charge in [-0.05, 0) is 24.7 Å². The van der Waals surface area contributed by atoms with Crippen molar-refractivity contribution in [1.82, 2.24) is 0 Å². The van der Waals surface area contributed by atoms with Crippen LogP contribution in [0.25, 0.3) is 0 Å². The van der Waals surface area contributed by atoms with Crippen LogP contribution in [0, 0.1) is 11.3 Å². The van der Waals surface area contributed by atoms with Gasteiger partial charge in [0.15, 0.2) is 0 Å². The Balaban J connectivity index is 3.87. The van der Waals surface area contributed by atoms with Gasteiger partial charge in [0, 0.05) is 0 Å². The van der Waals surface area contributed by atoms with Crippen molar-refractivity contribution in [3.05, 3.63) is 0 Å². The summed E-state index contributed by atoms with van der Waals surface area (Å²) in [5.74, 6) is 0.671. The molecular weight excluding hydrogens is 124 g/mol. The number of aliphatic hydroxyl groups is 1. The second-order valence-electron chi connectivity index (χ2n) is 4.26. The van der Waals surface area contributed by atoms with E-state index in [1.807, 2.05) is 6.92 Å². The predicted octanol–water partition coefficient (Wildman–Crippen LogP) is 2.44. The molecule has 0 aromatic carbocycles. The zero-order chi connectivity index (χ0) is 8.36. The van der Waals surface area contributed by atoms with Crippen molar-refractivity contribution >= 4 is 0 Å². The standard InChI is InChI=1S/C9H20O/c1-7(2)6-9(4,5)8(3)10/h7-8,10H,6H2,1-5H3/t8-/m0/s1. The van der Waals surface area contributed by atoms with E-state index in [0.29, 0.717) is 5.92 Å². The lowest BCUT2D eigenvalue weighted by atomic mass is 9.80. The van der Waals surface area contributed by atoms with Crippen molar-refractivity contribution in [3.8, 4) is 0 Å². The number of hydrogen-bond donors (Lipinski definition) is 1. The third kappa shape index (κ3) is 3.21. The average molecular weight is 144 g/mol. The molecular formula is C9H20O. The van der Waals surface area contributed by atoms with Crippen molar-refractivity contribution in [2.24, 2.45) is 11.3 Å². The molecule has 0 spiro atoms. The van der Waals surface area contributed by atoms with Gasteiger partial charge < -0.3 is 5.11 Å². The minimum Gasteiger partial charge on any atom is -0.393 e. The summed E-state index contributed by atoms with van der Waals surface area (Å²) in [5, 5.41) is 9.33. The summed E-state index contributed by atoms with van der Waals surface area (Å²) in [6.07, 6.45) is 0.889. The molecule has 0 aromatic heterocycles. The molecule has 10 heavy (non-hydrogen) atoms. The van der Waals surface area contributed by atoms with Gasteiger partial charge in [-0.25, -0.2) is 0 Å². The van der Waals surface area contributed by atoms with E-state index in [0.717, 1.165) is 6.42 Å². The third-order valence-electron chi connectivity index (χ3n) is 2.07. The molecule has 1 N–H and O–H groups in total. The van der Waals surface area contributed by atoms with Crippen LogP contribution < -0.4 is 0 Å². The number of hydrogen-bond acceptors (Lipinski definition) is 1. The first-order valence-electron chi connectivity index (χ1n) is 4.04. The number of aliphatic hydroxyl groups excluding tert-OH is 1. The third-order valence-corrected chi connectivity index (χ3v) is 2.07.